The second kappa shape index (κ2) is 5.47. The van der Waals surface area contributed by atoms with Crippen molar-refractivity contribution in [3.63, 3.8) is 0 Å². The average molecular weight is 397 g/mol. The van der Waals surface area contributed by atoms with Gasteiger partial charge in [0.1, 0.15) is 0 Å². The van der Waals surface area contributed by atoms with Crippen LogP contribution in [0.3, 0.4) is 0 Å². The van der Waals surface area contributed by atoms with Crippen molar-refractivity contribution in [2.24, 2.45) is 0 Å². The summed E-state index contributed by atoms with van der Waals surface area (Å²) >= 11 is 0. The van der Waals surface area contributed by atoms with Crippen molar-refractivity contribution < 1.29 is 65.9 Å². The van der Waals surface area contributed by atoms with Gasteiger partial charge in [0.2, 0.25) is 0 Å². The van der Waals surface area contributed by atoms with Crippen LogP contribution < -0.4 is 0 Å². The minimum atomic E-state index is -8.21. The first-order valence-corrected chi connectivity index (χ1v) is 5.20. The van der Waals surface area contributed by atoms with Crippen LogP contribution in [0.15, 0.2) is 0 Å². The summed E-state index contributed by atoms with van der Waals surface area (Å²) in [7, 11) is 0. The Balaban J connectivity index is 6.42. The van der Waals surface area contributed by atoms with E-state index in [1.165, 1.54) is 0 Å². The van der Waals surface area contributed by atoms with Gasteiger partial charge in [-0.25, -0.2) is 0 Å². The zero-order valence-corrected chi connectivity index (χ0v) is 10.7. The molecule has 0 atom stereocenters. The molecule has 0 aromatic heterocycles. The van der Waals surface area contributed by atoms with Crippen LogP contribution in [0.25, 0.3) is 0 Å². The molecule has 0 fully saturated rings. The van der Waals surface area contributed by atoms with Crippen LogP contribution in [-0.2, 0) is 0 Å². The van der Waals surface area contributed by atoms with Crippen molar-refractivity contribution in [1.29, 1.82) is 0 Å². The first-order chi connectivity index (χ1) is 10.1. The molecule has 24 heavy (non-hydrogen) atoms. The van der Waals surface area contributed by atoms with Crippen LogP contribution in [0.4, 0.5) is 65.9 Å². The summed E-state index contributed by atoms with van der Waals surface area (Å²) in [5, 5.41) is 0. The van der Waals surface area contributed by atoms with E-state index in [9.17, 15) is 65.9 Å². The fourth-order valence-electron chi connectivity index (χ4n) is 1.16. The molecule has 0 heterocycles. The third-order valence-corrected chi connectivity index (χ3v) is 2.71. The average Bonchev–Trinajstić information content (AvgIpc) is 2.36. The van der Waals surface area contributed by atoms with Crippen molar-refractivity contribution in [1.82, 2.24) is 0 Å². The summed E-state index contributed by atoms with van der Waals surface area (Å²) in [6.45, 7) is -0.107. The van der Waals surface area contributed by atoms with Gasteiger partial charge in [0.15, 0.2) is 0 Å². The van der Waals surface area contributed by atoms with Crippen LogP contribution >= 0.6 is 0 Å². The van der Waals surface area contributed by atoms with E-state index >= 15 is 0 Å². The Hall–Kier alpha value is -1.05. The number of alkyl halides is 15. The molecule has 0 aromatic carbocycles. The maximum atomic E-state index is 12.9. The zero-order valence-electron chi connectivity index (χ0n) is 10.7. The predicted molar refractivity (Wildman–Crippen MR) is 45.7 cm³/mol. The molecule has 0 aromatic rings. The second-order valence-electron chi connectivity index (χ2n) is 4.28. The molecule has 0 saturated heterocycles. The van der Waals surface area contributed by atoms with Gasteiger partial charge in [0.25, 0.3) is 0 Å². The summed E-state index contributed by atoms with van der Waals surface area (Å²) in [6, 6.07) is 0. The van der Waals surface area contributed by atoms with Gasteiger partial charge in [0, 0.05) is 6.42 Å². The molecule has 0 saturated carbocycles. The van der Waals surface area contributed by atoms with Crippen molar-refractivity contribution >= 4 is 0 Å². The summed E-state index contributed by atoms with van der Waals surface area (Å²) in [5.41, 5.74) is 0. The molecule has 0 N–H and O–H groups in total. The highest BCUT2D eigenvalue weighted by Gasteiger charge is 2.93. The summed E-state index contributed by atoms with van der Waals surface area (Å²) in [6.07, 6.45) is -8.73. The molecule has 0 rings (SSSR count). The lowest BCUT2D eigenvalue weighted by atomic mass is 9.90. The summed E-state index contributed by atoms with van der Waals surface area (Å²) in [4.78, 5) is 0. The van der Waals surface area contributed by atoms with Crippen molar-refractivity contribution in [3.8, 4) is 0 Å². The van der Waals surface area contributed by atoms with E-state index in [1.807, 2.05) is 0 Å². The highest BCUT2D eigenvalue weighted by atomic mass is 19.4. The lowest BCUT2D eigenvalue weighted by Crippen LogP contribution is -2.72. The van der Waals surface area contributed by atoms with Crippen LogP contribution in [0.5, 0.6) is 0 Å². The first-order valence-electron chi connectivity index (χ1n) is 5.20. The van der Waals surface area contributed by atoms with E-state index < -0.39 is 48.1 Å². The molecule has 1 radical (unpaired) electrons. The van der Waals surface area contributed by atoms with E-state index in [2.05, 4.69) is 0 Å². The molecule has 0 spiro atoms. The maximum absolute atomic E-state index is 12.9. The Labute approximate surface area is 122 Å². The van der Waals surface area contributed by atoms with Crippen LogP contribution in [0.2, 0.25) is 0 Å². The smallest absolute Gasteiger partial charge is 0.199 e. The summed E-state index contributed by atoms with van der Waals surface area (Å²) < 4.78 is 188. The van der Waals surface area contributed by atoms with Gasteiger partial charge in [-0.05, 0) is 0 Å². The van der Waals surface area contributed by atoms with Gasteiger partial charge >= 0.3 is 41.7 Å². The summed E-state index contributed by atoms with van der Waals surface area (Å²) in [5.74, 6) is -46.0. The highest BCUT2D eigenvalue weighted by molar-refractivity contribution is 5.14. The third kappa shape index (κ3) is 2.66. The van der Waals surface area contributed by atoms with Crippen molar-refractivity contribution in [2.75, 3.05) is 0 Å². The maximum Gasteiger partial charge on any atom is 0.460 e. The number of hydrogen-bond acceptors (Lipinski definition) is 0. The Bertz CT molecular complexity index is 456. The molecule has 0 amide bonds. The normalized spacial score (nSPS) is 16.5. The number of hydrogen-bond donors (Lipinski definition) is 0. The topological polar surface area (TPSA) is 0 Å². The fourth-order valence-corrected chi connectivity index (χ4v) is 1.16. The van der Waals surface area contributed by atoms with Gasteiger partial charge < -0.3 is 0 Å². The number of rotatable bonds is 6. The lowest BCUT2D eigenvalue weighted by Gasteiger charge is -2.41. The van der Waals surface area contributed by atoms with Crippen LogP contribution in [-0.4, -0.2) is 41.7 Å². The van der Waals surface area contributed by atoms with Crippen molar-refractivity contribution in [3.05, 3.63) is 6.42 Å². The Morgan fingerprint density at radius 1 is 0.417 bits per heavy atom. The SMILES string of the molecule is C[CH]C(F)(F)C(F)(F)C(F)(F)C(F)(F)C(F)(F)C(F)(F)C(F)(F)F. The molecule has 15 heteroatoms. The van der Waals surface area contributed by atoms with Crippen LogP contribution in [0.1, 0.15) is 6.92 Å². The molecule has 0 aliphatic heterocycles. The highest BCUT2D eigenvalue weighted by Crippen LogP contribution is 2.62. The molecule has 145 valence electrons. The predicted octanol–water partition coefficient (Wildman–Crippen LogP) is 5.58. The fraction of sp³-hybridized carbons (Fsp3) is 0.889. The van der Waals surface area contributed by atoms with E-state index in [-0.39, 0.29) is 6.92 Å². The molecule has 0 unspecified atom stereocenters. The Kier molecular flexibility index (Phi) is 5.23. The van der Waals surface area contributed by atoms with Gasteiger partial charge in [-0.2, -0.15) is 65.9 Å². The Morgan fingerprint density at radius 3 is 0.917 bits per heavy atom. The van der Waals surface area contributed by atoms with Gasteiger partial charge in [0.05, 0.1) is 0 Å². The first kappa shape index (κ1) is 22.9. The largest absolute Gasteiger partial charge is 0.460 e. The minimum absolute atomic E-state index is 0.107. The van der Waals surface area contributed by atoms with Gasteiger partial charge in [-0.15, -0.1) is 0 Å². The molecule has 0 aliphatic carbocycles. The molecule has 0 nitrogen and oxygen atoms in total. The minimum Gasteiger partial charge on any atom is -0.199 e. The van der Waals surface area contributed by atoms with Gasteiger partial charge in [-0.3, -0.25) is 0 Å². The third-order valence-electron chi connectivity index (χ3n) is 2.71. The number of halogens is 15. The Morgan fingerprint density at radius 2 is 0.667 bits per heavy atom. The quantitative estimate of drug-likeness (QED) is 0.513. The van der Waals surface area contributed by atoms with Crippen molar-refractivity contribution in [2.45, 2.75) is 48.6 Å². The van der Waals surface area contributed by atoms with E-state index in [4.69, 9.17) is 0 Å². The molecule has 0 bridgehead atoms. The molecular weight excluding hydrogens is 393 g/mol. The standard InChI is InChI=1S/C9H4F15/c1-2-3(10,11)4(12,13)5(14,15)6(16,17)7(18,19)8(20,21)9(22,23)24/h2H,1H3. The van der Waals surface area contributed by atoms with E-state index in [0.717, 1.165) is 0 Å². The van der Waals surface area contributed by atoms with E-state index in [0.29, 0.717) is 0 Å². The monoisotopic (exact) mass is 397 g/mol. The molecule has 0 aliphatic rings. The van der Waals surface area contributed by atoms with E-state index in [1.54, 1.807) is 0 Å². The zero-order chi connectivity index (χ0) is 20.2. The molecular formula is C9H4F15. The second-order valence-corrected chi connectivity index (χ2v) is 4.28. The van der Waals surface area contributed by atoms with Crippen LogP contribution in [0, 0.1) is 6.42 Å². The van der Waals surface area contributed by atoms with Gasteiger partial charge in [-0.1, -0.05) is 6.92 Å². The lowest BCUT2D eigenvalue weighted by molar-refractivity contribution is -0.450.